The van der Waals surface area contributed by atoms with Crippen molar-refractivity contribution in [1.82, 2.24) is 0 Å². The lowest BCUT2D eigenvalue weighted by molar-refractivity contribution is -0.152. The van der Waals surface area contributed by atoms with Gasteiger partial charge >= 0.3 is 5.97 Å². The number of allylic oxidation sites excluding steroid dienone is 2. The number of nitrogens with zero attached hydrogens (tertiary/aromatic N) is 1. The molecule has 3 atom stereocenters. The first-order chi connectivity index (χ1) is 18.3. The number of hydrogen-bond donors (Lipinski definition) is 0. The van der Waals surface area contributed by atoms with E-state index in [1.54, 1.807) is 25.0 Å². The summed E-state index contributed by atoms with van der Waals surface area (Å²) in [5, 5.41) is 2.46. The lowest BCUT2D eigenvalue weighted by atomic mass is 9.69. The van der Waals surface area contributed by atoms with Crippen LogP contribution >= 0.6 is 22.9 Å². The monoisotopic (exact) mass is 549 g/mol. The normalized spacial score (nSPS) is 21.4. The number of hydrogen-bond acceptors (Lipinski definition) is 6. The van der Waals surface area contributed by atoms with Gasteiger partial charge in [0.2, 0.25) is 5.91 Å². The predicted octanol–water partition coefficient (Wildman–Crippen LogP) is 6.43. The summed E-state index contributed by atoms with van der Waals surface area (Å²) in [6, 6.07) is 16.7. The van der Waals surface area contributed by atoms with E-state index in [9.17, 15) is 14.4 Å². The highest BCUT2D eigenvalue weighted by molar-refractivity contribution is 7.10. The maximum atomic E-state index is 14.4. The van der Waals surface area contributed by atoms with Crippen LogP contribution in [0.25, 0.3) is 0 Å². The zero-order chi connectivity index (χ0) is 27.0. The molecule has 1 aliphatic heterocycles. The van der Waals surface area contributed by atoms with Gasteiger partial charge in [-0.25, -0.2) is 0 Å². The molecule has 0 bridgehead atoms. The number of thiophene rings is 1. The lowest BCUT2D eigenvalue weighted by Gasteiger charge is -2.42. The van der Waals surface area contributed by atoms with Crippen LogP contribution in [0.5, 0.6) is 5.75 Å². The van der Waals surface area contributed by atoms with E-state index < -0.39 is 23.7 Å². The van der Waals surface area contributed by atoms with Gasteiger partial charge in [-0.1, -0.05) is 35.9 Å². The molecule has 5 rings (SSSR count). The molecule has 1 aromatic heterocycles. The fourth-order valence-electron chi connectivity index (χ4n) is 5.47. The van der Waals surface area contributed by atoms with Crippen molar-refractivity contribution in [2.75, 3.05) is 18.6 Å². The lowest BCUT2D eigenvalue weighted by Crippen LogP contribution is -2.46. The topological polar surface area (TPSA) is 72.9 Å². The van der Waals surface area contributed by atoms with Crippen LogP contribution in [0, 0.1) is 12.8 Å². The van der Waals surface area contributed by atoms with Crippen molar-refractivity contribution in [3.8, 4) is 5.75 Å². The average Bonchev–Trinajstić information content (AvgIpc) is 3.45. The molecule has 3 aromatic rings. The Labute approximate surface area is 230 Å². The standard InChI is InChI=1S/C30H28ClNO5S/c1-4-37-30(35)28-22(25-9-6-12-38-25)15-24-27(29(28)34)21(18-7-5-8-20(13-18)36-3)16-26(33)32(24)19-11-10-17(2)23(31)14-19/h5-14,21-22,28H,4,15-16H2,1-3H3/t21-,22+,28+/m1/s1. The molecule has 8 heteroatoms. The third kappa shape index (κ3) is 4.65. The van der Waals surface area contributed by atoms with Crippen molar-refractivity contribution in [2.45, 2.75) is 38.5 Å². The van der Waals surface area contributed by atoms with Crippen molar-refractivity contribution in [2.24, 2.45) is 5.92 Å². The Balaban J connectivity index is 1.73. The Hall–Kier alpha value is -3.42. The Bertz CT molecular complexity index is 1430. The molecule has 1 amide bonds. The second kappa shape index (κ2) is 10.8. The van der Waals surface area contributed by atoms with Crippen LogP contribution in [0.1, 0.15) is 47.6 Å². The second-order valence-corrected chi connectivity index (χ2v) is 10.9. The van der Waals surface area contributed by atoms with E-state index in [0.717, 1.165) is 16.0 Å². The number of amides is 1. The number of methoxy groups -OCH3 is 1. The summed E-state index contributed by atoms with van der Waals surface area (Å²) >= 11 is 7.95. The van der Waals surface area contributed by atoms with Gasteiger partial charge in [0.25, 0.3) is 0 Å². The number of halogens is 1. The molecule has 1 aliphatic carbocycles. The van der Waals surface area contributed by atoms with Crippen LogP contribution in [-0.4, -0.2) is 31.4 Å². The van der Waals surface area contributed by atoms with Gasteiger partial charge in [0, 0.05) is 39.4 Å². The summed E-state index contributed by atoms with van der Waals surface area (Å²) in [5.74, 6) is -2.29. The van der Waals surface area contributed by atoms with Crippen LogP contribution in [0.2, 0.25) is 5.02 Å². The maximum absolute atomic E-state index is 14.4. The van der Waals surface area contributed by atoms with Crippen molar-refractivity contribution in [1.29, 1.82) is 0 Å². The largest absolute Gasteiger partial charge is 0.497 e. The van der Waals surface area contributed by atoms with Gasteiger partial charge in [-0.05, 0) is 67.1 Å². The van der Waals surface area contributed by atoms with E-state index in [1.165, 1.54) is 11.3 Å². The van der Waals surface area contributed by atoms with Gasteiger partial charge in [0.05, 0.1) is 19.4 Å². The van der Waals surface area contributed by atoms with Gasteiger partial charge in [0.15, 0.2) is 5.78 Å². The van der Waals surface area contributed by atoms with Gasteiger partial charge in [-0.2, -0.15) is 0 Å². The predicted molar refractivity (Wildman–Crippen MR) is 148 cm³/mol. The molecule has 0 radical (unpaired) electrons. The number of carbonyl (C=O) groups excluding carboxylic acids is 3. The summed E-state index contributed by atoms with van der Waals surface area (Å²) in [4.78, 5) is 44.0. The molecule has 0 unspecified atom stereocenters. The summed E-state index contributed by atoms with van der Waals surface area (Å²) in [5.41, 5.74) is 3.37. The molecule has 0 saturated carbocycles. The molecular weight excluding hydrogens is 522 g/mol. The Morgan fingerprint density at radius 3 is 2.61 bits per heavy atom. The number of benzene rings is 2. The van der Waals surface area contributed by atoms with E-state index in [1.807, 2.05) is 60.8 Å². The molecule has 6 nitrogen and oxygen atoms in total. The van der Waals surface area contributed by atoms with E-state index >= 15 is 0 Å². The fourth-order valence-corrected chi connectivity index (χ4v) is 6.51. The highest BCUT2D eigenvalue weighted by Crippen LogP contribution is 2.50. The molecule has 0 spiro atoms. The number of ketones is 1. The molecular formula is C30H28ClNO5S. The van der Waals surface area contributed by atoms with Gasteiger partial charge in [0.1, 0.15) is 11.7 Å². The first-order valence-corrected chi connectivity index (χ1v) is 13.8. The summed E-state index contributed by atoms with van der Waals surface area (Å²) in [6.45, 7) is 3.81. The van der Waals surface area contributed by atoms with E-state index in [2.05, 4.69) is 0 Å². The van der Waals surface area contributed by atoms with E-state index in [4.69, 9.17) is 21.1 Å². The van der Waals surface area contributed by atoms with Crippen LogP contribution in [-0.2, 0) is 19.1 Å². The van der Waals surface area contributed by atoms with Crippen molar-refractivity contribution in [3.05, 3.63) is 92.3 Å². The van der Waals surface area contributed by atoms with Crippen LogP contribution in [0.4, 0.5) is 5.69 Å². The van der Waals surface area contributed by atoms with E-state index in [0.29, 0.717) is 34.2 Å². The maximum Gasteiger partial charge on any atom is 0.317 e. The molecule has 0 fully saturated rings. The molecule has 196 valence electrons. The minimum Gasteiger partial charge on any atom is -0.497 e. The highest BCUT2D eigenvalue weighted by Gasteiger charge is 2.50. The zero-order valence-corrected chi connectivity index (χ0v) is 23.0. The SMILES string of the molecule is CCOC(=O)[C@@H]1C(=O)C2=C(C[C@H]1c1cccs1)N(c1ccc(C)c(Cl)c1)C(=O)C[C@@H]2c1cccc(OC)c1. The molecule has 2 aromatic carbocycles. The first kappa shape index (κ1) is 26.2. The summed E-state index contributed by atoms with van der Waals surface area (Å²) < 4.78 is 10.8. The molecule has 0 saturated heterocycles. The molecule has 2 aliphatic rings. The summed E-state index contributed by atoms with van der Waals surface area (Å²) in [6.07, 6.45) is 0.408. The van der Waals surface area contributed by atoms with Crippen molar-refractivity contribution >= 4 is 46.3 Å². The Morgan fingerprint density at radius 2 is 1.92 bits per heavy atom. The Morgan fingerprint density at radius 1 is 1.11 bits per heavy atom. The van der Waals surface area contributed by atoms with Crippen LogP contribution in [0.3, 0.4) is 0 Å². The number of ether oxygens (including phenoxy) is 2. The van der Waals surface area contributed by atoms with Gasteiger partial charge in [-0.15, -0.1) is 11.3 Å². The summed E-state index contributed by atoms with van der Waals surface area (Å²) in [7, 11) is 1.58. The van der Waals surface area contributed by atoms with Gasteiger partial charge in [-0.3, -0.25) is 19.3 Å². The number of Topliss-reactive ketones (excluding diaryl/α,β-unsaturated/α-hetero) is 1. The van der Waals surface area contributed by atoms with Crippen LogP contribution < -0.4 is 9.64 Å². The van der Waals surface area contributed by atoms with Crippen molar-refractivity contribution < 1.29 is 23.9 Å². The second-order valence-electron chi connectivity index (χ2n) is 9.48. The number of aryl methyl sites for hydroxylation is 1. The number of anilines is 1. The zero-order valence-electron chi connectivity index (χ0n) is 21.4. The third-order valence-electron chi connectivity index (χ3n) is 7.28. The minimum atomic E-state index is -0.989. The van der Waals surface area contributed by atoms with E-state index in [-0.39, 0.29) is 24.7 Å². The average molecular weight is 550 g/mol. The molecule has 2 heterocycles. The molecule has 0 N–H and O–H groups in total. The smallest absolute Gasteiger partial charge is 0.317 e. The minimum absolute atomic E-state index is 0.0719. The van der Waals surface area contributed by atoms with Gasteiger partial charge < -0.3 is 9.47 Å². The molecule has 38 heavy (non-hydrogen) atoms. The van der Waals surface area contributed by atoms with Crippen LogP contribution in [0.15, 0.2) is 71.2 Å². The quantitative estimate of drug-likeness (QED) is 0.262. The first-order valence-electron chi connectivity index (χ1n) is 12.5. The number of rotatable bonds is 6. The third-order valence-corrected chi connectivity index (χ3v) is 8.69. The van der Waals surface area contributed by atoms with Crippen molar-refractivity contribution in [3.63, 3.8) is 0 Å². The number of carbonyl (C=O) groups is 3. The number of esters is 1. The fraction of sp³-hybridized carbons (Fsp3) is 0.300. The Kier molecular flexibility index (Phi) is 7.41. The highest BCUT2D eigenvalue weighted by atomic mass is 35.5.